The lowest BCUT2D eigenvalue weighted by Gasteiger charge is -2.06. The Morgan fingerprint density at radius 1 is 1.00 bits per heavy atom. The van der Waals surface area contributed by atoms with Crippen LogP contribution in [0.4, 0.5) is 0 Å². The number of hydrogen-bond acceptors (Lipinski definition) is 6. The Morgan fingerprint density at radius 2 is 1.79 bits per heavy atom. The zero-order valence-corrected chi connectivity index (χ0v) is 16.9. The molecule has 148 valence electrons. The van der Waals surface area contributed by atoms with Gasteiger partial charge in [-0.25, -0.2) is 0 Å². The van der Waals surface area contributed by atoms with E-state index in [4.69, 9.17) is 9.47 Å². The summed E-state index contributed by atoms with van der Waals surface area (Å²) in [6.07, 6.45) is 1.01. The van der Waals surface area contributed by atoms with Crippen LogP contribution in [0.1, 0.15) is 18.1 Å². The van der Waals surface area contributed by atoms with Gasteiger partial charge in [0, 0.05) is 12.1 Å². The van der Waals surface area contributed by atoms with E-state index in [1.807, 2.05) is 30.3 Å². The molecular formula is C22H21N3O3S. The number of benzene rings is 2. The van der Waals surface area contributed by atoms with Crippen LogP contribution in [0.15, 0.2) is 59.6 Å². The average Bonchev–Trinajstić information content (AvgIpc) is 3.24. The van der Waals surface area contributed by atoms with Gasteiger partial charge in [-0.1, -0.05) is 49.0 Å². The highest BCUT2D eigenvalue weighted by Crippen LogP contribution is 2.32. The number of fused-ring (bicyclic) bond motifs is 1. The van der Waals surface area contributed by atoms with E-state index < -0.39 is 0 Å². The van der Waals surface area contributed by atoms with Crippen LogP contribution in [0.3, 0.4) is 0 Å². The van der Waals surface area contributed by atoms with Crippen molar-refractivity contribution in [2.24, 2.45) is 0 Å². The Bertz CT molecular complexity index is 991. The van der Waals surface area contributed by atoms with Crippen molar-refractivity contribution in [1.82, 2.24) is 15.5 Å². The molecule has 0 saturated heterocycles. The zero-order valence-electron chi connectivity index (χ0n) is 16.1. The minimum atomic E-state index is -0.0614. The van der Waals surface area contributed by atoms with Crippen LogP contribution in [0.25, 0.3) is 11.3 Å². The van der Waals surface area contributed by atoms with E-state index in [2.05, 4.69) is 46.7 Å². The Kier molecular flexibility index (Phi) is 5.95. The summed E-state index contributed by atoms with van der Waals surface area (Å²) in [4.78, 5) is 12.1. The van der Waals surface area contributed by atoms with Crippen LogP contribution in [0.5, 0.6) is 11.5 Å². The lowest BCUT2D eigenvalue weighted by Crippen LogP contribution is -2.24. The molecule has 6 nitrogen and oxygen atoms in total. The number of ether oxygens (including phenoxy) is 2. The number of rotatable bonds is 7. The first-order chi connectivity index (χ1) is 14.2. The monoisotopic (exact) mass is 407 g/mol. The summed E-state index contributed by atoms with van der Waals surface area (Å²) in [7, 11) is 0. The van der Waals surface area contributed by atoms with Crippen molar-refractivity contribution in [3.8, 4) is 22.8 Å². The van der Waals surface area contributed by atoms with Gasteiger partial charge in [-0.05, 0) is 41.8 Å². The van der Waals surface area contributed by atoms with E-state index >= 15 is 0 Å². The molecule has 1 aliphatic heterocycles. The van der Waals surface area contributed by atoms with Crippen LogP contribution < -0.4 is 14.8 Å². The standard InChI is InChI=1S/C22H21N3O3S/c1-2-15-3-6-17(7-4-15)18-8-10-22(25-24-18)29-13-21(26)23-12-16-5-9-19-20(11-16)28-14-27-19/h3-11H,2,12-14H2,1H3,(H,23,26). The Balaban J connectivity index is 1.26. The number of hydrogen-bond donors (Lipinski definition) is 1. The van der Waals surface area contributed by atoms with Gasteiger partial charge in [-0.15, -0.1) is 10.2 Å². The number of carbonyl (C=O) groups excluding carboxylic acids is 1. The lowest BCUT2D eigenvalue weighted by atomic mass is 10.1. The van der Waals surface area contributed by atoms with E-state index in [0.29, 0.717) is 12.3 Å². The molecule has 7 heteroatoms. The third-order valence-electron chi connectivity index (χ3n) is 4.58. The maximum atomic E-state index is 12.1. The average molecular weight is 407 g/mol. The first-order valence-corrected chi connectivity index (χ1v) is 10.4. The molecule has 0 saturated carbocycles. The number of aryl methyl sites for hydroxylation is 1. The fourth-order valence-electron chi connectivity index (χ4n) is 2.90. The van der Waals surface area contributed by atoms with Crippen LogP contribution >= 0.6 is 11.8 Å². The van der Waals surface area contributed by atoms with Crippen molar-refractivity contribution in [3.05, 3.63) is 65.7 Å². The molecule has 1 aliphatic rings. The highest BCUT2D eigenvalue weighted by atomic mass is 32.2. The number of thioether (sulfide) groups is 1. The molecule has 4 rings (SSSR count). The molecule has 1 amide bonds. The molecule has 0 bridgehead atoms. The van der Waals surface area contributed by atoms with Crippen molar-refractivity contribution >= 4 is 17.7 Å². The minimum absolute atomic E-state index is 0.0614. The predicted octanol–water partition coefficient (Wildman–Crippen LogP) is 3.84. The molecule has 2 aromatic carbocycles. The fourth-order valence-corrected chi connectivity index (χ4v) is 3.55. The maximum absolute atomic E-state index is 12.1. The second-order valence-electron chi connectivity index (χ2n) is 6.56. The third-order valence-corrected chi connectivity index (χ3v) is 5.50. The molecule has 0 aliphatic carbocycles. The van der Waals surface area contributed by atoms with Crippen molar-refractivity contribution in [2.75, 3.05) is 12.5 Å². The SMILES string of the molecule is CCc1ccc(-c2ccc(SCC(=O)NCc3ccc4c(c3)OCO4)nn2)cc1. The lowest BCUT2D eigenvalue weighted by molar-refractivity contribution is -0.118. The van der Waals surface area contributed by atoms with Gasteiger partial charge in [0.15, 0.2) is 11.5 Å². The summed E-state index contributed by atoms with van der Waals surface area (Å²) in [5.74, 6) is 1.67. The molecule has 0 atom stereocenters. The molecular weight excluding hydrogens is 386 g/mol. The van der Waals surface area contributed by atoms with Crippen molar-refractivity contribution < 1.29 is 14.3 Å². The summed E-state index contributed by atoms with van der Waals surface area (Å²) in [5, 5.41) is 12.1. The quantitative estimate of drug-likeness (QED) is 0.600. The molecule has 0 radical (unpaired) electrons. The second-order valence-corrected chi connectivity index (χ2v) is 7.56. The first kappa shape index (κ1) is 19.3. The van der Waals surface area contributed by atoms with Crippen LogP contribution in [-0.4, -0.2) is 28.7 Å². The van der Waals surface area contributed by atoms with Crippen molar-refractivity contribution in [2.45, 2.75) is 24.9 Å². The van der Waals surface area contributed by atoms with Crippen molar-refractivity contribution in [1.29, 1.82) is 0 Å². The number of amides is 1. The Hall–Kier alpha value is -3.06. The van der Waals surface area contributed by atoms with E-state index in [1.54, 1.807) is 0 Å². The van der Waals surface area contributed by atoms with Gasteiger partial charge in [0.1, 0.15) is 5.03 Å². The van der Waals surface area contributed by atoms with Gasteiger partial charge in [0.05, 0.1) is 11.4 Å². The molecule has 2 heterocycles. The van der Waals surface area contributed by atoms with E-state index in [0.717, 1.165) is 34.0 Å². The summed E-state index contributed by atoms with van der Waals surface area (Å²) >= 11 is 1.36. The predicted molar refractivity (Wildman–Crippen MR) is 112 cm³/mol. The summed E-state index contributed by atoms with van der Waals surface area (Å²) in [5.41, 5.74) is 4.11. The van der Waals surface area contributed by atoms with Gasteiger partial charge in [0.2, 0.25) is 12.7 Å². The number of nitrogens with one attached hydrogen (secondary N) is 1. The fraction of sp³-hybridized carbons (Fsp3) is 0.227. The normalized spacial score (nSPS) is 12.0. The minimum Gasteiger partial charge on any atom is -0.454 e. The molecule has 1 aromatic heterocycles. The highest BCUT2D eigenvalue weighted by Gasteiger charge is 2.13. The van der Waals surface area contributed by atoms with E-state index in [-0.39, 0.29) is 18.5 Å². The Labute approximate surface area is 173 Å². The van der Waals surface area contributed by atoms with Gasteiger partial charge >= 0.3 is 0 Å². The topological polar surface area (TPSA) is 73.3 Å². The molecule has 0 unspecified atom stereocenters. The number of aromatic nitrogens is 2. The molecule has 3 aromatic rings. The second kappa shape index (κ2) is 8.96. The number of carbonyl (C=O) groups is 1. The third kappa shape index (κ3) is 4.86. The molecule has 1 N–H and O–H groups in total. The van der Waals surface area contributed by atoms with Gasteiger partial charge in [0.25, 0.3) is 0 Å². The van der Waals surface area contributed by atoms with Crippen molar-refractivity contribution in [3.63, 3.8) is 0 Å². The van der Waals surface area contributed by atoms with E-state index in [9.17, 15) is 4.79 Å². The van der Waals surface area contributed by atoms with Gasteiger partial charge in [-0.2, -0.15) is 0 Å². The zero-order chi connectivity index (χ0) is 20.1. The first-order valence-electron chi connectivity index (χ1n) is 9.42. The summed E-state index contributed by atoms with van der Waals surface area (Å²) in [6.45, 7) is 2.81. The van der Waals surface area contributed by atoms with Crippen LogP contribution in [0.2, 0.25) is 0 Å². The molecule has 29 heavy (non-hydrogen) atoms. The van der Waals surface area contributed by atoms with E-state index in [1.165, 1.54) is 17.3 Å². The largest absolute Gasteiger partial charge is 0.454 e. The smallest absolute Gasteiger partial charge is 0.231 e. The van der Waals surface area contributed by atoms with Gasteiger partial charge in [-0.3, -0.25) is 4.79 Å². The summed E-state index contributed by atoms with van der Waals surface area (Å²) < 4.78 is 10.6. The maximum Gasteiger partial charge on any atom is 0.231 e. The molecule has 0 fully saturated rings. The number of nitrogens with zero attached hydrogens (tertiary/aromatic N) is 2. The molecule has 0 spiro atoms. The highest BCUT2D eigenvalue weighted by molar-refractivity contribution is 7.99. The van der Waals surface area contributed by atoms with Crippen LogP contribution in [-0.2, 0) is 17.8 Å². The Morgan fingerprint density at radius 3 is 2.55 bits per heavy atom. The van der Waals surface area contributed by atoms with Crippen LogP contribution in [0, 0.1) is 0 Å². The summed E-state index contributed by atoms with van der Waals surface area (Å²) in [6, 6.07) is 17.8. The van der Waals surface area contributed by atoms with Gasteiger partial charge < -0.3 is 14.8 Å².